The van der Waals surface area contributed by atoms with E-state index in [0.717, 1.165) is 10.5 Å². The molecule has 1 aromatic rings. The molecule has 2 amide bonds. The second-order valence-electron chi connectivity index (χ2n) is 6.88. The number of carbonyl (C=O) groups excluding carboxylic acids is 3. The van der Waals surface area contributed by atoms with Gasteiger partial charge in [0.15, 0.2) is 5.78 Å². The number of nitrogens with zero attached hydrogens (tertiary/aromatic N) is 1. The number of ketones is 1. The number of Topliss-reactive ketones (excluding diaryl/α,β-unsaturated/α-hetero) is 1. The molecule has 1 aromatic carbocycles. The number of cyclic esters (lactones) is 1. The summed E-state index contributed by atoms with van der Waals surface area (Å²) in [6, 6.07) is 7.28. The zero-order chi connectivity index (χ0) is 17.0. The summed E-state index contributed by atoms with van der Waals surface area (Å²) in [7, 11) is 0. The van der Waals surface area contributed by atoms with E-state index in [9.17, 15) is 14.4 Å². The van der Waals surface area contributed by atoms with Crippen molar-refractivity contribution in [2.45, 2.75) is 26.1 Å². The molecule has 2 fully saturated rings. The van der Waals surface area contributed by atoms with Crippen molar-refractivity contribution in [1.29, 1.82) is 0 Å². The Morgan fingerprint density at radius 2 is 1.96 bits per heavy atom. The van der Waals surface area contributed by atoms with E-state index < -0.39 is 24.2 Å². The Bertz CT molecular complexity index is 728. The predicted molar refractivity (Wildman–Crippen MR) is 83.3 cm³/mol. The fourth-order valence-corrected chi connectivity index (χ4v) is 4.18. The molecule has 0 aliphatic carbocycles. The van der Waals surface area contributed by atoms with Gasteiger partial charge < -0.3 is 9.47 Å². The maximum Gasteiger partial charge on any atom is 0.416 e. The molecule has 2 bridgehead atoms. The Hall–Kier alpha value is -2.21. The van der Waals surface area contributed by atoms with Crippen LogP contribution in [0, 0.1) is 17.8 Å². The highest BCUT2D eigenvalue weighted by atomic mass is 16.6. The lowest BCUT2D eigenvalue weighted by Crippen LogP contribution is -2.42. The molecule has 0 radical (unpaired) electrons. The Morgan fingerprint density at radius 3 is 2.62 bits per heavy atom. The average molecular weight is 329 g/mol. The number of hydrogen-bond donors (Lipinski definition) is 0. The van der Waals surface area contributed by atoms with Crippen molar-refractivity contribution in [2.75, 3.05) is 13.2 Å². The van der Waals surface area contributed by atoms with Crippen LogP contribution in [0.1, 0.15) is 35.9 Å². The van der Waals surface area contributed by atoms with E-state index in [-0.39, 0.29) is 36.7 Å². The smallest absolute Gasteiger partial charge is 0.416 e. The molecule has 3 heterocycles. The molecule has 0 aromatic heterocycles. The van der Waals surface area contributed by atoms with Gasteiger partial charge in [0.25, 0.3) is 0 Å². The molecular weight excluding hydrogens is 310 g/mol. The minimum Gasteiger partial charge on any atom is -0.447 e. The van der Waals surface area contributed by atoms with Crippen molar-refractivity contribution in [3.05, 3.63) is 35.4 Å². The van der Waals surface area contributed by atoms with Crippen molar-refractivity contribution in [3.63, 3.8) is 0 Å². The van der Waals surface area contributed by atoms with Crippen LogP contribution in [0.25, 0.3) is 0 Å². The summed E-state index contributed by atoms with van der Waals surface area (Å²) < 4.78 is 10.9. The summed E-state index contributed by atoms with van der Waals surface area (Å²) in [5.41, 5.74) is 1.37. The highest BCUT2D eigenvalue weighted by Crippen LogP contribution is 2.51. The summed E-state index contributed by atoms with van der Waals surface area (Å²) in [6.45, 7) is 4.44. The zero-order valence-electron chi connectivity index (χ0n) is 13.6. The van der Waals surface area contributed by atoms with Gasteiger partial charge in [-0.3, -0.25) is 9.59 Å². The molecule has 3 aliphatic rings. The minimum atomic E-state index is -0.627. The summed E-state index contributed by atoms with van der Waals surface area (Å²) >= 11 is 0. The Morgan fingerprint density at radius 1 is 1.21 bits per heavy atom. The molecule has 6 nitrogen and oxygen atoms in total. The molecule has 4 rings (SSSR count). The summed E-state index contributed by atoms with van der Waals surface area (Å²) in [4.78, 5) is 38.8. The first-order valence-electron chi connectivity index (χ1n) is 8.27. The third-order valence-corrected chi connectivity index (χ3v) is 5.26. The van der Waals surface area contributed by atoms with Crippen LogP contribution in [0.5, 0.6) is 0 Å². The minimum absolute atomic E-state index is 0.0696. The highest BCUT2D eigenvalue weighted by Gasteiger charge is 2.57. The molecule has 6 heteroatoms. The molecule has 126 valence electrons. The largest absolute Gasteiger partial charge is 0.447 e. The summed E-state index contributed by atoms with van der Waals surface area (Å²) in [5, 5.41) is 0. The van der Waals surface area contributed by atoms with Crippen LogP contribution in [0.4, 0.5) is 4.79 Å². The van der Waals surface area contributed by atoms with Crippen LogP contribution in [0.3, 0.4) is 0 Å². The van der Waals surface area contributed by atoms with Gasteiger partial charge in [-0.1, -0.05) is 38.1 Å². The molecule has 2 saturated heterocycles. The van der Waals surface area contributed by atoms with Crippen molar-refractivity contribution in [2.24, 2.45) is 17.8 Å². The number of fused-ring (bicyclic) bond motifs is 4. The van der Waals surface area contributed by atoms with Crippen LogP contribution in [0.15, 0.2) is 24.3 Å². The van der Waals surface area contributed by atoms with E-state index >= 15 is 0 Å². The zero-order valence-corrected chi connectivity index (χ0v) is 13.6. The molecule has 0 saturated carbocycles. The molecule has 3 aliphatic heterocycles. The van der Waals surface area contributed by atoms with E-state index in [1.165, 1.54) is 0 Å². The van der Waals surface area contributed by atoms with E-state index in [1.54, 1.807) is 6.07 Å². The van der Waals surface area contributed by atoms with Crippen LogP contribution in [-0.4, -0.2) is 41.9 Å². The van der Waals surface area contributed by atoms with Gasteiger partial charge in [0, 0.05) is 11.5 Å². The molecular formula is C18H19NO5. The fourth-order valence-electron chi connectivity index (χ4n) is 4.18. The Balaban J connectivity index is 1.79. The van der Waals surface area contributed by atoms with Crippen LogP contribution in [0.2, 0.25) is 0 Å². The molecule has 0 unspecified atom stereocenters. The lowest BCUT2D eigenvalue weighted by atomic mass is 9.78. The van der Waals surface area contributed by atoms with Gasteiger partial charge in [-0.25, -0.2) is 9.69 Å². The first kappa shape index (κ1) is 15.3. The van der Waals surface area contributed by atoms with E-state index in [2.05, 4.69) is 0 Å². The second kappa shape index (κ2) is 5.41. The van der Waals surface area contributed by atoms with E-state index in [4.69, 9.17) is 9.47 Å². The monoisotopic (exact) mass is 329 g/mol. The van der Waals surface area contributed by atoms with Gasteiger partial charge >= 0.3 is 6.09 Å². The average Bonchev–Trinajstić information content (AvgIpc) is 3.15. The molecule has 4 atom stereocenters. The SMILES string of the molecule is CC(C)[C@@H]1[C@@H](C(=O)N2CCOC2=O)[C@@H]2O[C@H]1C(=O)c1ccccc12. The predicted octanol–water partition coefficient (Wildman–Crippen LogP) is 2.19. The topological polar surface area (TPSA) is 72.9 Å². The number of carbonyl (C=O) groups is 3. The van der Waals surface area contributed by atoms with Gasteiger partial charge in [-0.05, 0) is 11.5 Å². The van der Waals surface area contributed by atoms with Crippen molar-refractivity contribution in [1.82, 2.24) is 4.90 Å². The molecule has 24 heavy (non-hydrogen) atoms. The number of benzene rings is 1. The van der Waals surface area contributed by atoms with Gasteiger partial charge in [0.1, 0.15) is 12.7 Å². The van der Waals surface area contributed by atoms with E-state index in [1.807, 2.05) is 32.0 Å². The molecule has 0 spiro atoms. The number of amides is 2. The number of imide groups is 1. The first-order valence-corrected chi connectivity index (χ1v) is 8.27. The van der Waals surface area contributed by atoms with E-state index in [0.29, 0.717) is 5.56 Å². The Kier molecular flexibility index (Phi) is 3.46. The Labute approximate surface area is 139 Å². The van der Waals surface area contributed by atoms with Crippen LogP contribution < -0.4 is 0 Å². The fraction of sp³-hybridized carbons (Fsp3) is 0.500. The lowest BCUT2D eigenvalue weighted by Gasteiger charge is -2.26. The quantitative estimate of drug-likeness (QED) is 0.831. The van der Waals surface area contributed by atoms with Crippen molar-refractivity contribution >= 4 is 17.8 Å². The number of hydrogen-bond acceptors (Lipinski definition) is 5. The van der Waals surface area contributed by atoms with Crippen molar-refractivity contribution < 1.29 is 23.9 Å². The summed E-state index contributed by atoms with van der Waals surface area (Å²) in [6.07, 6.45) is -1.72. The standard InChI is InChI=1S/C18H19NO5/c1-9(2)12-13(17(21)19-7-8-23-18(19)22)15-11-6-4-3-5-10(11)14(20)16(12)24-15/h3-6,9,12-13,15-16H,7-8H2,1-2H3/t12-,13-,15-,16-/m1/s1. The summed E-state index contributed by atoms with van der Waals surface area (Å²) in [5.74, 6) is -1.09. The second-order valence-corrected chi connectivity index (χ2v) is 6.88. The number of rotatable bonds is 2. The maximum atomic E-state index is 13.1. The third-order valence-electron chi connectivity index (χ3n) is 5.26. The number of ether oxygens (including phenoxy) is 2. The van der Waals surface area contributed by atoms with Crippen LogP contribution in [-0.2, 0) is 14.3 Å². The van der Waals surface area contributed by atoms with Gasteiger partial charge in [0.2, 0.25) is 5.91 Å². The van der Waals surface area contributed by atoms with Gasteiger partial charge in [-0.15, -0.1) is 0 Å². The normalized spacial score (nSPS) is 31.4. The van der Waals surface area contributed by atoms with Crippen LogP contribution >= 0.6 is 0 Å². The first-order chi connectivity index (χ1) is 11.5. The lowest BCUT2D eigenvalue weighted by molar-refractivity contribution is -0.135. The molecule has 0 N–H and O–H groups in total. The third kappa shape index (κ3) is 2.02. The van der Waals surface area contributed by atoms with Crippen molar-refractivity contribution in [3.8, 4) is 0 Å². The maximum absolute atomic E-state index is 13.1. The van der Waals surface area contributed by atoms with Gasteiger partial charge in [0.05, 0.1) is 18.6 Å². The highest BCUT2D eigenvalue weighted by molar-refractivity contribution is 6.04. The van der Waals surface area contributed by atoms with Gasteiger partial charge in [-0.2, -0.15) is 0 Å².